The largest absolute Gasteiger partial charge is 0.270 e. The lowest BCUT2D eigenvalue weighted by Gasteiger charge is -2.07. The number of unbranched alkanes of at least 4 members (excludes halogenated alkanes) is 1. The number of benzene rings is 2. The van der Waals surface area contributed by atoms with E-state index in [1.165, 1.54) is 24.3 Å². The minimum absolute atomic E-state index is 0.000398. The highest BCUT2D eigenvalue weighted by Crippen LogP contribution is 2.24. The van der Waals surface area contributed by atoms with Crippen molar-refractivity contribution in [3.63, 3.8) is 0 Å². The van der Waals surface area contributed by atoms with Gasteiger partial charge in [0.25, 0.3) is 5.69 Å². The van der Waals surface area contributed by atoms with E-state index in [0.717, 1.165) is 18.4 Å². The minimum atomic E-state index is -3.51. The number of nitro groups is 1. The molecule has 0 aliphatic heterocycles. The summed E-state index contributed by atoms with van der Waals surface area (Å²) in [7, 11) is -3.51. The first kappa shape index (κ1) is 17.1. The molecular formula is C16H18N2O4S. The van der Waals surface area contributed by atoms with Gasteiger partial charge in [-0.25, -0.2) is 13.1 Å². The van der Waals surface area contributed by atoms with Gasteiger partial charge in [0.15, 0.2) is 0 Å². The van der Waals surface area contributed by atoms with Crippen molar-refractivity contribution < 1.29 is 13.3 Å². The smallest absolute Gasteiger partial charge is 0.258 e. The fraction of sp³-hybridized carbons (Fsp3) is 0.250. The van der Waals surface area contributed by atoms with Crippen LogP contribution in [0.25, 0.3) is 11.1 Å². The maximum absolute atomic E-state index is 12.1. The van der Waals surface area contributed by atoms with Crippen LogP contribution in [0.3, 0.4) is 0 Å². The molecule has 1 N–H and O–H groups in total. The Hall–Kier alpha value is -2.25. The van der Waals surface area contributed by atoms with E-state index >= 15 is 0 Å². The van der Waals surface area contributed by atoms with Crippen molar-refractivity contribution in [1.82, 2.24) is 4.72 Å². The van der Waals surface area contributed by atoms with E-state index in [2.05, 4.69) is 4.72 Å². The van der Waals surface area contributed by atoms with Crippen molar-refractivity contribution in [2.75, 3.05) is 6.54 Å². The third kappa shape index (κ3) is 4.37. The fourth-order valence-corrected chi connectivity index (χ4v) is 3.17. The average Bonchev–Trinajstić information content (AvgIpc) is 2.55. The summed E-state index contributed by atoms with van der Waals surface area (Å²) in [5.74, 6) is 0. The average molecular weight is 334 g/mol. The van der Waals surface area contributed by atoms with Crippen LogP contribution in [0, 0.1) is 10.1 Å². The molecule has 0 fully saturated rings. The van der Waals surface area contributed by atoms with Crippen LogP contribution in [-0.2, 0) is 10.0 Å². The van der Waals surface area contributed by atoms with Crippen LogP contribution in [0.1, 0.15) is 19.8 Å². The van der Waals surface area contributed by atoms with Crippen LogP contribution in [-0.4, -0.2) is 19.9 Å². The summed E-state index contributed by atoms with van der Waals surface area (Å²) in [4.78, 5) is 10.5. The summed E-state index contributed by atoms with van der Waals surface area (Å²) in [6.45, 7) is 2.40. The Bertz CT molecular complexity index is 786. The van der Waals surface area contributed by atoms with Crippen molar-refractivity contribution >= 4 is 15.7 Å². The zero-order chi connectivity index (χ0) is 16.9. The quantitative estimate of drug-likeness (QED) is 0.478. The third-order valence-corrected chi connectivity index (χ3v) is 4.85. The summed E-state index contributed by atoms with van der Waals surface area (Å²) < 4.78 is 26.7. The SMILES string of the molecule is CCCCNS(=O)(=O)c1ccc(-c2cccc([N+](=O)[O-])c2)cc1. The molecule has 23 heavy (non-hydrogen) atoms. The fourth-order valence-electron chi connectivity index (χ4n) is 2.09. The van der Waals surface area contributed by atoms with Crippen LogP contribution in [0.4, 0.5) is 5.69 Å². The van der Waals surface area contributed by atoms with E-state index in [1.807, 2.05) is 6.92 Å². The van der Waals surface area contributed by atoms with Crippen molar-refractivity contribution in [3.05, 3.63) is 58.6 Å². The van der Waals surface area contributed by atoms with E-state index in [9.17, 15) is 18.5 Å². The minimum Gasteiger partial charge on any atom is -0.258 e. The summed E-state index contributed by atoms with van der Waals surface area (Å²) in [6.07, 6.45) is 1.69. The van der Waals surface area contributed by atoms with Gasteiger partial charge in [0, 0.05) is 18.7 Å². The van der Waals surface area contributed by atoms with Crippen LogP contribution in [0.2, 0.25) is 0 Å². The summed E-state index contributed by atoms with van der Waals surface area (Å²) in [5, 5.41) is 10.8. The van der Waals surface area contributed by atoms with Crippen molar-refractivity contribution in [1.29, 1.82) is 0 Å². The van der Waals surface area contributed by atoms with Gasteiger partial charge in [-0.3, -0.25) is 10.1 Å². The molecule has 0 radical (unpaired) electrons. The Balaban J connectivity index is 2.22. The molecular weight excluding hydrogens is 316 g/mol. The van der Waals surface area contributed by atoms with Gasteiger partial charge < -0.3 is 0 Å². The third-order valence-electron chi connectivity index (χ3n) is 3.38. The summed E-state index contributed by atoms with van der Waals surface area (Å²) >= 11 is 0. The molecule has 6 nitrogen and oxygen atoms in total. The Morgan fingerprint density at radius 3 is 2.39 bits per heavy atom. The molecule has 122 valence electrons. The predicted molar refractivity (Wildman–Crippen MR) is 88.6 cm³/mol. The number of nitro benzene ring substituents is 1. The van der Waals surface area contributed by atoms with Crippen LogP contribution >= 0.6 is 0 Å². The number of nitrogens with one attached hydrogen (secondary N) is 1. The first-order valence-corrected chi connectivity index (χ1v) is 8.77. The lowest BCUT2D eigenvalue weighted by molar-refractivity contribution is -0.384. The van der Waals surface area contributed by atoms with Gasteiger partial charge in [0.2, 0.25) is 10.0 Å². The van der Waals surface area contributed by atoms with E-state index in [4.69, 9.17) is 0 Å². The molecule has 0 amide bonds. The standard InChI is InChI=1S/C16H18N2O4S/c1-2-3-11-17-23(21,22)16-9-7-13(8-10-16)14-5-4-6-15(12-14)18(19)20/h4-10,12,17H,2-3,11H2,1H3. The summed E-state index contributed by atoms with van der Waals surface area (Å²) in [5.41, 5.74) is 1.39. The molecule has 0 spiro atoms. The molecule has 0 heterocycles. The zero-order valence-corrected chi connectivity index (χ0v) is 13.5. The monoisotopic (exact) mass is 334 g/mol. The van der Waals surface area contributed by atoms with Crippen molar-refractivity contribution in [2.24, 2.45) is 0 Å². The molecule has 0 saturated heterocycles. The number of rotatable bonds is 7. The lowest BCUT2D eigenvalue weighted by atomic mass is 10.1. The number of sulfonamides is 1. The second kappa shape index (κ2) is 7.34. The molecule has 0 aliphatic rings. The van der Waals surface area contributed by atoms with Crippen molar-refractivity contribution in [3.8, 4) is 11.1 Å². The maximum atomic E-state index is 12.1. The molecule has 0 unspecified atom stereocenters. The van der Waals surface area contributed by atoms with Gasteiger partial charge in [-0.1, -0.05) is 37.6 Å². The number of hydrogen-bond acceptors (Lipinski definition) is 4. The topological polar surface area (TPSA) is 89.3 Å². The molecule has 0 atom stereocenters. The van der Waals surface area contributed by atoms with Crippen LogP contribution in [0.5, 0.6) is 0 Å². The molecule has 2 aromatic carbocycles. The second-order valence-corrected chi connectivity index (χ2v) is 6.85. The van der Waals surface area contributed by atoms with E-state index in [1.54, 1.807) is 24.3 Å². The first-order valence-electron chi connectivity index (χ1n) is 7.28. The zero-order valence-electron chi connectivity index (χ0n) is 12.7. The highest BCUT2D eigenvalue weighted by Gasteiger charge is 2.13. The molecule has 0 aromatic heterocycles. The summed E-state index contributed by atoms with van der Waals surface area (Å²) in [6, 6.07) is 12.5. The van der Waals surface area contributed by atoms with Gasteiger partial charge in [-0.05, 0) is 29.7 Å². The van der Waals surface area contributed by atoms with Gasteiger partial charge in [0.05, 0.1) is 9.82 Å². The second-order valence-electron chi connectivity index (χ2n) is 5.08. The lowest BCUT2D eigenvalue weighted by Crippen LogP contribution is -2.24. The number of nitrogens with zero attached hydrogens (tertiary/aromatic N) is 1. The Morgan fingerprint density at radius 2 is 1.78 bits per heavy atom. The molecule has 2 rings (SSSR count). The number of non-ortho nitro benzene ring substituents is 1. The van der Waals surface area contributed by atoms with Crippen molar-refractivity contribution in [2.45, 2.75) is 24.7 Å². The van der Waals surface area contributed by atoms with E-state index < -0.39 is 14.9 Å². The van der Waals surface area contributed by atoms with Crippen LogP contribution < -0.4 is 4.72 Å². The van der Waals surface area contributed by atoms with Gasteiger partial charge in [-0.2, -0.15) is 0 Å². The Kier molecular flexibility index (Phi) is 5.46. The molecule has 0 saturated carbocycles. The Labute approximate surface area is 135 Å². The number of hydrogen-bond donors (Lipinski definition) is 1. The van der Waals surface area contributed by atoms with Gasteiger partial charge in [-0.15, -0.1) is 0 Å². The highest BCUT2D eigenvalue weighted by atomic mass is 32.2. The normalized spacial score (nSPS) is 11.3. The molecule has 0 aliphatic carbocycles. The predicted octanol–water partition coefficient (Wildman–Crippen LogP) is 3.34. The van der Waals surface area contributed by atoms with E-state index in [-0.39, 0.29) is 10.6 Å². The Morgan fingerprint density at radius 1 is 1.09 bits per heavy atom. The molecule has 2 aromatic rings. The molecule has 7 heteroatoms. The first-order chi connectivity index (χ1) is 10.9. The van der Waals surface area contributed by atoms with Gasteiger partial charge in [0.1, 0.15) is 0 Å². The highest BCUT2D eigenvalue weighted by molar-refractivity contribution is 7.89. The maximum Gasteiger partial charge on any atom is 0.270 e. The molecule has 0 bridgehead atoms. The van der Waals surface area contributed by atoms with E-state index in [0.29, 0.717) is 12.1 Å². The van der Waals surface area contributed by atoms with Gasteiger partial charge >= 0.3 is 0 Å². The van der Waals surface area contributed by atoms with Crippen LogP contribution in [0.15, 0.2) is 53.4 Å².